The molecule has 3 N–H and O–H groups in total. The van der Waals surface area contributed by atoms with Crippen molar-refractivity contribution >= 4 is 21.6 Å². The molecule has 0 aliphatic carbocycles. The first-order chi connectivity index (χ1) is 8.86. The molecular weight excluding hydrogens is 311 g/mol. The van der Waals surface area contributed by atoms with E-state index in [9.17, 15) is 4.39 Å². The average Bonchev–Trinajstić information content (AvgIpc) is 2.33. The number of rotatable bonds is 3. The van der Waals surface area contributed by atoms with E-state index in [1.807, 2.05) is 0 Å². The second kappa shape index (κ2) is 5.38. The molecular formula is C14H20BrFN2O. The van der Waals surface area contributed by atoms with Crippen LogP contribution in [0.3, 0.4) is 0 Å². The lowest BCUT2D eigenvalue weighted by atomic mass is 9.81. The molecule has 0 aromatic heterocycles. The Labute approximate surface area is 121 Å². The zero-order chi connectivity index (χ0) is 14.1. The molecule has 2 rings (SSSR count). The van der Waals surface area contributed by atoms with Crippen LogP contribution < -0.4 is 11.1 Å². The van der Waals surface area contributed by atoms with E-state index < -0.39 is 0 Å². The average molecular weight is 331 g/mol. The zero-order valence-corrected chi connectivity index (χ0v) is 12.9. The minimum Gasteiger partial charge on any atom is -0.378 e. The fourth-order valence-corrected chi connectivity index (χ4v) is 3.07. The van der Waals surface area contributed by atoms with E-state index in [0.717, 1.165) is 18.5 Å². The third-order valence-corrected chi connectivity index (χ3v) is 4.17. The van der Waals surface area contributed by atoms with E-state index >= 15 is 0 Å². The molecule has 106 valence electrons. The molecule has 0 bridgehead atoms. The summed E-state index contributed by atoms with van der Waals surface area (Å²) in [5, 5.41) is 3.47. The fourth-order valence-electron chi connectivity index (χ4n) is 2.69. The van der Waals surface area contributed by atoms with Gasteiger partial charge >= 0.3 is 0 Å². The maximum absolute atomic E-state index is 13.3. The summed E-state index contributed by atoms with van der Waals surface area (Å²) in [7, 11) is 0. The minimum atomic E-state index is -0.264. The molecule has 1 heterocycles. The molecule has 5 heteroatoms. The van der Waals surface area contributed by atoms with Gasteiger partial charge in [0.05, 0.1) is 15.6 Å². The van der Waals surface area contributed by atoms with Crippen molar-refractivity contribution in [3.8, 4) is 0 Å². The standard InChI is InChI=1S/C14H20BrFN2O/c1-13(2)8-14(9-17,5-6-19-13)18-10-3-4-12(16)11(15)7-10/h3-4,7,18H,5-6,8-9,17H2,1-2H3. The first-order valence-corrected chi connectivity index (χ1v) is 7.22. The van der Waals surface area contributed by atoms with Gasteiger partial charge in [0.1, 0.15) is 5.82 Å². The van der Waals surface area contributed by atoms with Crippen LogP contribution in [0.25, 0.3) is 0 Å². The lowest BCUT2D eigenvalue weighted by Gasteiger charge is -2.45. The van der Waals surface area contributed by atoms with E-state index in [4.69, 9.17) is 10.5 Å². The second-order valence-electron chi connectivity index (χ2n) is 5.77. The zero-order valence-electron chi connectivity index (χ0n) is 11.3. The van der Waals surface area contributed by atoms with Gasteiger partial charge in [0.15, 0.2) is 0 Å². The third kappa shape index (κ3) is 3.46. The van der Waals surface area contributed by atoms with Gasteiger partial charge in [-0.2, -0.15) is 0 Å². The van der Waals surface area contributed by atoms with Crippen molar-refractivity contribution in [2.75, 3.05) is 18.5 Å². The Morgan fingerprint density at radius 3 is 2.79 bits per heavy atom. The SMILES string of the molecule is CC1(C)CC(CN)(Nc2ccc(F)c(Br)c2)CCO1. The molecule has 1 aromatic rings. The molecule has 0 spiro atoms. The van der Waals surface area contributed by atoms with Gasteiger partial charge in [-0.05, 0) is 54.4 Å². The van der Waals surface area contributed by atoms with E-state index in [-0.39, 0.29) is 17.0 Å². The van der Waals surface area contributed by atoms with Crippen molar-refractivity contribution < 1.29 is 9.13 Å². The number of hydrogen-bond donors (Lipinski definition) is 2. The number of halogens is 2. The van der Waals surface area contributed by atoms with Crippen molar-refractivity contribution in [3.63, 3.8) is 0 Å². The summed E-state index contributed by atoms with van der Waals surface area (Å²) in [4.78, 5) is 0. The Morgan fingerprint density at radius 2 is 2.21 bits per heavy atom. The predicted octanol–water partition coefficient (Wildman–Crippen LogP) is 3.29. The van der Waals surface area contributed by atoms with Crippen LogP contribution in [0.15, 0.2) is 22.7 Å². The van der Waals surface area contributed by atoms with Gasteiger partial charge in [-0.3, -0.25) is 0 Å². The summed E-state index contributed by atoms with van der Waals surface area (Å²) >= 11 is 3.20. The number of nitrogens with one attached hydrogen (secondary N) is 1. The van der Waals surface area contributed by atoms with Crippen LogP contribution >= 0.6 is 15.9 Å². The molecule has 0 radical (unpaired) electrons. The number of anilines is 1. The normalized spacial score (nSPS) is 26.2. The molecule has 1 atom stereocenters. The lowest BCUT2D eigenvalue weighted by molar-refractivity contribution is -0.0736. The molecule has 3 nitrogen and oxygen atoms in total. The summed E-state index contributed by atoms with van der Waals surface area (Å²) in [6.07, 6.45) is 1.67. The van der Waals surface area contributed by atoms with E-state index in [0.29, 0.717) is 17.6 Å². The summed E-state index contributed by atoms with van der Waals surface area (Å²) in [6.45, 7) is 5.34. The van der Waals surface area contributed by atoms with E-state index in [1.165, 1.54) is 6.07 Å². The highest BCUT2D eigenvalue weighted by atomic mass is 79.9. The van der Waals surface area contributed by atoms with Crippen molar-refractivity contribution in [1.82, 2.24) is 0 Å². The minimum absolute atomic E-state index is 0.193. The van der Waals surface area contributed by atoms with Crippen molar-refractivity contribution in [2.24, 2.45) is 5.73 Å². The second-order valence-corrected chi connectivity index (χ2v) is 6.63. The number of nitrogens with two attached hydrogens (primary N) is 1. The topological polar surface area (TPSA) is 47.3 Å². The molecule has 1 aliphatic rings. The van der Waals surface area contributed by atoms with E-state index in [1.54, 1.807) is 12.1 Å². The predicted molar refractivity (Wildman–Crippen MR) is 78.8 cm³/mol. The lowest BCUT2D eigenvalue weighted by Crippen LogP contribution is -2.55. The van der Waals surface area contributed by atoms with Crippen molar-refractivity contribution in [1.29, 1.82) is 0 Å². The van der Waals surface area contributed by atoms with E-state index in [2.05, 4.69) is 35.1 Å². The van der Waals surface area contributed by atoms with Gasteiger partial charge in [0.2, 0.25) is 0 Å². The first kappa shape index (κ1) is 14.8. The monoisotopic (exact) mass is 330 g/mol. The summed E-state index contributed by atoms with van der Waals surface area (Å²) in [6, 6.07) is 4.93. The molecule has 19 heavy (non-hydrogen) atoms. The molecule has 1 unspecified atom stereocenters. The number of ether oxygens (including phenoxy) is 1. The molecule has 1 aliphatic heterocycles. The Hall–Kier alpha value is -0.650. The highest BCUT2D eigenvalue weighted by Crippen LogP contribution is 2.34. The fraction of sp³-hybridized carbons (Fsp3) is 0.571. The van der Waals surface area contributed by atoms with Gasteiger partial charge in [-0.25, -0.2) is 4.39 Å². The maximum Gasteiger partial charge on any atom is 0.137 e. The molecule has 0 amide bonds. The Morgan fingerprint density at radius 1 is 1.47 bits per heavy atom. The van der Waals surface area contributed by atoms with Crippen molar-refractivity contribution in [2.45, 2.75) is 37.8 Å². The smallest absolute Gasteiger partial charge is 0.137 e. The molecule has 1 fully saturated rings. The molecule has 0 saturated carbocycles. The van der Waals surface area contributed by atoms with Gasteiger partial charge in [0.25, 0.3) is 0 Å². The van der Waals surface area contributed by atoms with Crippen LogP contribution in [0.4, 0.5) is 10.1 Å². The van der Waals surface area contributed by atoms with Crippen LogP contribution in [0.2, 0.25) is 0 Å². The highest BCUT2D eigenvalue weighted by Gasteiger charge is 2.40. The van der Waals surface area contributed by atoms with Gasteiger partial charge in [-0.15, -0.1) is 0 Å². The van der Waals surface area contributed by atoms with Crippen LogP contribution in [0.5, 0.6) is 0 Å². The van der Waals surface area contributed by atoms with Gasteiger partial charge in [0, 0.05) is 25.3 Å². The quantitative estimate of drug-likeness (QED) is 0.894. The highest BCUT2D eigenvalue weighted by molar-refractivity contribution is 9.10. The number of benzene rings is 1. The summed E-state index contributed by atoms with van der Waals surface area (Å²) in [5.41, 5.74) is 6.45. The maximum atomic E-state index is 13.3. The Balaban J connectivity index is 2.20. The molecule has 1 saturated heterocycles. The van der Waals surface area contributed by atoms with Gasteiger partial charge < -0.3 is 15.8 Å². The van der Waals surface area contributed by atoms with Crippen LogP contribution in [-0.4, -0.2) is 24.3 Å². The van der Waals surface area contributed by atoms with Crippen LogP contribution in [0.1, 0.15) is 26.7 Å². The van der Waals surface area contributed by atoms with Crippen molar-refractivity contribution in [3.05, 3.63) is 28.5 Å². The number of hydrogen-bond acceptors (Lipinski definition) is 3. The summed E-state index contributed by atoms with van der Waals surface area (Å²) < 4.78 is 19.5. The largest absolute Gasteiger partial charge is 0.378 e. The summed E-state index contributed by atoms with van der Waals surface area (Å²) in [5.74, 6) is -0.264. The van der Waals surface area contributed by atoms with Crippen LogP contribution in [-0.2, 0) is 4.74 Å². The van der Waals surface area contributed by atoms with Gasteiger partial charge in [-0.1, -0.05) is 0 Å². The third-order valence-electron chi connectivity index (χ3n) is 3.56. The Bertz CT molecular complexity index is 467. The first-order valence-electron chi connectivity index (χ1n) is 6.43. The Kier molecular flexibility index (Phi) is 4.18. The van der Waals surface area contributed by atoms with Crippen LogP contribution in [0, 0.1) is 5.82 Å². The molecule has 1 aromatic carbocycles.